The van der Waals surface area contributed by atoms with E-state index in [0.29, 0.717) is 0 Å². The molecule has 2 atom stereocenters. The highest BCUT2D eigenvalue weighted by molar-refractivity contribution is 4.98. The van der Waals surface area contributed by atoms with Gasteiger partial charge in [0.1, 0.15) is 11.8 Å². The molecule has 0 aliphatic heterocycles. The Labute approximate surface area is 65.1 Å². The standard InChI is InChI=1S/C5H16N4O2/c1-2-4(7,3(6)10)5(8,9)11/h3,10-11H,2,6-9H2,1H3. The quantitative estimate of drug-likeness (QED) is 0.244. The van der Waals surface area contributed by atoms with Gasteiger partial charge in [-0.05, 0) is 6.42 Å². The van der Waals surface area contributed by atoms with Crippen molar-refractivity contribution in [1.29, 1.82) is 0 Å². The summed E-state index contributed by atoms with van der Waals surface area (Å²) in [7, 11) is 0. The number of hydrogen-bond donors (Lipinski definition) is 6. The number of nitrogens with two attached hydrogens (primary N) is 4. The van der Waals surface area contributed by atoms with E-state index in [1.165, 1.54) is 0 Å². The molecule has 0 radical (unpaired) electrons. The molecule has 0 amide bonds. The Kier molecular flexibility index (Phi) is 2.95. The largest absolute Gasteiger partial charge is 0.377 e. The van der Waals surface area contributed by atoms with Gasteiger partial charge in [0, 0.05) is 0 Å². The molecule has 0 aliphatic rings. The Hall–Kier alpha value is -0.240. The van der Waals surface area contributed by atoms with Crippen LogP contribution in [0.2, 0.25) is 0 Å². The lowest BCUT2D eigenvalue weighted by Gasteiger charge is -2.40. The molecule has 10 N–H and O–H groups in total. The average molecular weight is 164 g/mol. The van der Waals surface area contributed by atoms with Crippen molar-refractivity contribution < 1.29 is 10.2 Å². The van der Waals surface area contributed by atoms with Gasteiger partial charge < -0.3 is 21.7 Å². The average Bonchev–Trinajstić information content (AvgIpc) is 1.83. The third kappa shape index (κ3) is 1.86. The van der Waals surface area contributed by atoms with E-state index in [9.17, 15) is 0 Å². The first kappa shape index (κ1) is 10.8. The van der Waals surface area contributed by atoms with Crippen LogP contribution >= 0.6 is 0 Å². The summed E-state index contributed by atoms with van der Waals surface area (Å²) in [5.41, 5.74) is 19.1. The van der Waals surface area contributed by atoms with Crippen LogP contribution in [0.15, 0.2) is 0 Å². The van der Waals surface area contributed by atoms with Crippen molar-refractivity contribution in [3.05, 3.63) is 0 Å². The molecule has 0 rings (SSSR count). The van der Waals surface area contributed by atoms with Crippen LogP contribution in [0.5, 0.6) is 0 Å². The lowest BCUT2D eigenvalue weighted by atomic mass is 9.90. The summed E-state index contributed by atoms with van der Waals surface area (Å²) in [6.45, 7) is 1.61. The van der Waals surface area contributed by atoms with Crippen molar-refractivity contribution in [1.82, 2.24) is 0 Å². The second kappa shape index (κ2) is 3.02. The van der Waals surface area contributed by atoms with Gasteiger partial charge in [0.05, 0.1) is 0 Å². The Bertz CT molecular complexity index is 133. The summed E-state index contributed by atoms with van der Waals surface area (Å²) in [5.74, 6) is -2.17. The van der Waals surface area contributed by atoms with E-state index in [4.69, 9.17) is 33.1 Å². The monoisotopic (exact) mass is 164 g/mol. The van der Waals surface area contributed by atoms with Crippen LogP contribution in [0.25, 0.3) is 0 Å². The molecule has 68 valence electrons. The number of aliphatic hydroxyl groups excluding tert-OH is 1. The molecule has 0 aliphatic carbocycles. The highest BCUT2D eigenvalue weighted by Gasteiger charge is 2.45. The first-order valence-electron chi connectivity index (χ1n) is 3.28. The Morgan fingerprint density at radius 3 is 1.73 bits per heavy atom. The van der Waals surface area contributed by atoms with E-state index < -0.39 is 17.6 Å². The van der Waals surface area contributed by atoms with Gasteiger partial charge in [-0.1, -0.05) is 6.92 Å². The summed E-state index contributed by atoms with van der Waals surface area (Å²) in [6.07, 6.45) is -1.28. The van der Waals surface area contributed by atoms with Crippen molar-refractivity contribution in [3.63, 3.8) is 0 Å². The van der Waals surface area contributed by atoms with Crippen LogP contribution in [-0.2, 0) is 0 Å². The summed E-state index contributed by atoms with van der Waals surface area (Å²) in [6, 6.07) is 0. The Morgan fingerprint density at radius 2 is 1.73 bits per heavy atom. The maximum absolute atomic E-state index is 9.10. The fourth-order valence-electron chi connectivity index (χ4n) is 0.729. The Balaban J connectivity index is 4.61. The van der Waals surface area contributed by atoms with E-state index in [1.807, 2.05) is 0 Å². The zero-order chi connectivity index (χ0) is 9.28. The maximum atomic E-state index is 9.10. The minimum atomic E-state index is -2.17. The zero-order valence-electron chi connectivity index (χ0n) is 6.49. The second-order valence-electron chi connectivity index (χ2n) is 2.66. The minimum Gasteiger partial charge on any atom is -0.377 e. The molecule has 0 saturated carbocycles. The topological polar surface area (TPSA) is 145 Å². The third-order valence-corrected chi connectivity index (χ3v) is 1.86. The molecule has 0 heterocycles. The van der Waals surface area contributed by atoms with E-state index in [2.05, 4.69) is 0 Å². The normalized spacial score (nSPS) is 21.0. The summed E-state index contributed by atoms with van der Waals surface area (Å²) < 4.78 is 0. The molecule has 6 nitrogen and oxygen atoms in total. The fraction of sp³-hybridized carbons (Fsp3) is 1.00. The highest BCUT2D eigenvalue weighted by atomic mass is 16.3. The predicted octanol–water partition coefficient (Wildman–Crippen LogP) is -3.07. The van der Waals surface area contributed by atoms with Gasteiger partial charge in [0.15, 0.2) is 5.85 Å². The van der Waals surface area contributed by atoms with Gasteiger partial charge >= 0.3 is 0 Å². The van der Waals surface area contributed by atoms with Crippen LogP contribution < -0.4 is 22.9 Å². The van der Waals surface area contributed by atoms with E-state index in [1.54, 1.807) is 6.92 Å². The lowest BCUT2D eigenvalue weighted by molar-refractivity contribution is -0.0831. The van der Waals surface area contributed by atoms with Crippen LogP contribution in [0.3, 0.4) is 0 Å². The van der Waals surface area contributed by atoms with Crippen LogP contribution in [0.1, 0.15) is 13.3 Å². The van der Waals surface area contributed by atoms with Gasteiger partial charge in [-0.15, -0.1) is 0 Å². The first-order chi connectivity index (χ1) is 4.75. The molecule has 11 heavy (non-hydrogen) atoms. The molecule has 2 unspecified atom stereocenters. The van der Waals surface area contributed by atoms with Crippen LogP contribution in [0, 0.1) is 0 Å². The predicted molar refractivity (Wildman–Crippen MR) is 40.7 cm³/mol. The smallest absolute Gasteiger partial charge is 0.189 e. The molecular formula is C5H16N4O2. The molecule has 0 aromatic carbocycles. The fourth-order valence-corrected chi connectivity index (χ4v) is 0.729. The third-order valence-electron chi connectivity index (χ3n) is 1.86. The molecule has 0 fully saturated rings. The van der Waals surface area contributed by atoms with Crippen molar-refractivity contribution in [2.24, 2.45) is 22.9 Å². The number of rotatable bonds is 3. The van der Waals surface area contributed by atoms with Crippen molar-refractivity contribution in [3.8, 4) is 0 Å². The van der Waals surface area contributed by atoms with Gasteiger partial charge in [0.2, 0.25) is 0 Å². The Morgan fingerprint density at radius 1 is 1.36 bits per heavy atom. The molecule has 0 saturated heterocycles. The summed E-state index contributed by atoms with van der Waals surface area (Å²) in [5, 5.41) is 18.0. The summed E-state index contributed by atoms with van der Waals surface area (Å²) in [4.78, 5) is 0. The van der Waals surface area contributed by atoms with E-state index in [-0.39, 0.29) is 6.42 Å². The van der Waals surface area contributed by atoms with Gasteiger partial charge in [0.25, 0.3) is 0 Å². The van der Waals surface area contributed by atoms with Crippen LogP contribution in [0.4, 0.5) is 0 Å². The SMILES string of the molecule is CCC(N)(C(N)O)C(N)(N)O. The summed E-state index contributed by atoms with van der Waals surface area (Å²) >= 11 is 0. The molecule has 6 heteroatoms. The molecular weight excluding hydrogens is 148 g/mol. The van der Waals surface area contributed by atoms with Gasteiger partial charge in [-0.2, -0.15) is 0 Å². The second-order valence-corrected chi connectivity index (χ2v) is 2.66. The molecule has 0 aromatic heterocycles. The number of hydrogen-bond acceptors (Lipinski definition) is 6. The highest BCUT2D eigenvalue weighted by Crippen LogP contribution is 2.15. The lowest BCUT2D eigenvalue weighted by Crippen LogP contribution is -2.77. The molecule has 0 bridgehead atoms. The first-order valence-corrected chi connectivity index (χ1v) is 3.28. The van der Waals surface area contributed by atoms with Crippen molar-refractivity contribution in [2.75, 3.05) is 0 Å². The maximum Gasteiger partial charge on any atom is 0.189 e. The van der Waals surface area contributed by atoms with E-state index >= 15 is 0 Å². The van der Waals surface area contributed by atoms with Gasteiger partial charge in [-0.25, -0.2) is 0 Å². The van der Waals surface area contributed by atoms with Gasteiger partial charge in [-0.3, -0.25) is 11.5 Å². The van der Waals surface area contributed by atoms with Crippen molar-refractivity contribution >= 4 is 0 Å². The van der Waals surface area contributed by atoms with Crippen LogP contribution in [-0.4, -0.2) is 27.8 Å². The minimum absolute atomic E-state index is 0.175. The van der Waals surface area contributed by atoms with E-state index in [0.717, 1.165) is 0 Å². The van der Waals surface area contributed by atoms with Crippen molar-refractivity contribution in [2.45, 2.75) is 31.0 Å². The molecule has 0 aromatic rings. The zero-order valence-corrected chi connectivity index (χ0v) is 6.49. The molecule has 0 spiro atoms. The number of aliphatic hydroxyl groups is 2.